The Morgan fingerprint density at radius 2 is 1.88 bits per heavy atom. The minimum Gasteiger partial charge on any atom is -0.444 e. The summed E-state index contributed by atoms with van der Waals surface area (Å²) < 4.78 is 37.4. The van der Waals surface area contributed by atoms with Crippen molar-refractivity contribution < 1.29 is 23.1 Å². The highest BCUT2D eigenvalue weighted by molar-refractivity contribution is 5.89. The highest BCUT2D eigenvalue weighted by atomic mass is 19.1. The Morgan fingerprint density at radius 3 is 2.47 bits per heavy atom. The van der Waals surface area contributed by atoms with Gasteiger partial charge in [0.05, 0.1) is 23.5 Å². The Hall–Kier alpha value is -3.23. The van der Waals surface area contributed by atoms with Crippen LogP contribution in [-0.2, 0) is 9.53 Å². The minimum atomic E-state index is -1.53. The standard InChI is InChI=1S/C25H28F2N4O3/c1-12-10-14(11-13(2)19(12)26)31-22(15-8-9-28-23(15)32)18-16-6-7-17(20(27)21(18)29-31)30(16)24(33)34-25(3,4)5/h8-11,15-17,20H,6-7H2,1-5H3,(H,28,32)/t15?,16-,17?,20-/m0/s1. The van der Waals surface area contributed by atoms with Gasteiger partial charge in [0.1, 0.15) is 23.0 Å². The molecule has 2 bridgehead atoms. The fourth-order valence-corrected chi connectivity index (χ4v) is 5.33. The molecule has 34 heavy (non-hydrogen) atoms. The second-order valence-corrected chi connectivity index (χ2v) is 10.3. The molecular weight excluding hydrogens is 442 g/mol. The molecule has 0 spiro atoms. The van der Waals surface area contributed by atoms with Gasteiger partial charge in [0.2, 0.25) is 5.91 Å². The number of hydrogen-bond donors (Lipinski definition) is 1. The first-order valence-electron chi connectivity index (χ1n) is 11.5. The summed E-state index contributed by atoms with van der Waals surface area (Å²) in [6, 6.07) is 2.12. The second-order valence-electron chi connectivity index (χ2n) is 10.3. The summed E-state index contributed by atoms with van der Waals surface area (Å²) in [5.41, 5.74) is 1.93. The van der Waals surface area contributed by atoms with Crippen molar-refractivity contribution >= 4 is 12.0 Å². The van der Waals surface area contributed by atoms with Gasteiger partial charge in [0.15, 0.2) is 6.17 Å². The lowest BCUT2D eigenvalue weighted by atomic mass is 9.91. The van der Waals surface area contributed by atoms with Gasteiger partial charge in [-0.1, -0.05) is 0 Å². The van der Waals surface area contributed by atoms with Gasteiger partial charge in [-0.25, -0.2) is 18.3 Å². The third-order valence-electron chi connectivity index (χ3n) is 6.71. The number of carbonyl (C=O) groups is 2. The van der Waals surface area contributed by atoms with Crippen LogP contribution in [0.4, 0.5) is 13.6 Å². The number of fused-ring (bicyclic) bond motifs is 4. The average molecular weight is 471 g/mol. The molecule has 1 saturated heterocycles. The number of rotatable bonds is 2. The van der Waals surface area contributed by atoms with E-state index in [9.17, 15) is 14.0 Å². The van der Waals surface area contributed by atoms with Crippen molar-refractivity contribution in [2.45, 2.75) is 77.2 Å². The molecule has 7 nitrogen and oxygen atoms in total. The molecule has 0 saturated carbocycles. The average Bonchev–Trinajstić information content (AvgIpc) is 3.43. The van der Waals surface area contributed by atoms with Crippen molar-refractivity contribution in [2.75, 3.05) is 0 Å². The van der Waals surface area contributed by atoms with Gasteiger partial charge >= 0.3 is 6.09 Å². The number of hydrogen-bond acceptors (Lipinski definition) is 4. The molecule has 4 heterocycles. The van der Waals surface area contributed by atoms with Gasteiger partial charge in [0, 0.05) is 11.8 Å². The molecule has 3 aliphatic rings. The fourth-order valence-electron chi connectivity index (χ4n) is 5.33. The molecular formula is C25H28F2N4O3. The Bertz CT molecular complexity index is 1210. The summed E-state index contributed by atoms with van der Waals surface area (Å²) >= 11 is 0. The lowest BCUT2D eigenvalue weighted by molar-refractivity contribution is -0.120. The van der Waals surface area contributed by atoms with Crippen molar-refractivity contribution in [3.05, 3.63) is 58.3 Å². The van der Waals surface area contributed by atoms with Crippen LogP contribution in [0.5, 0.6) is 0 Å². The van der Waals surface area contributed by atoms with E-state index < -0.39 is 35.9 Å². The molecule has 0 aliphatic carbocycles. The summed E-state index contributed by atoms with van der Waals surface area (Å²) in [6.45, 7) is 8.62. The van der Waals surface area contributed by atoms with Crippen molar-refractivity contribution in [2.24, 2.45) is 0 Å². The Kier molecular flexibility index (Phi) is 5.07. The van der Waals surface area contributed by atoms with Gasteiger partial charge in [-0.15, -0.1) is 0 Å². The van der Waals surface area contributed by atoms with Crippen molar-refractivity contribution in [1.29, 1.82) is 0 Å². The number of aromatic nitrogens is 2. The van der Waals surface area contributed by atoms with E-state index in [1.54, 1.807) is 63.7 Å². The van der Waals surface area contributed by atoms with Crippen molar-refractivity contribution in [3.63, 3.8) is 0 Å². The maximum absolute atomic E-state index is 15.9. The number of carbonyl (C=O) groups excluding carboxylic acids is 2. The zero-order valence-corrected chi connectivity index (χ0v) is 19.9. The molecule has 3 aliphatic heterocycles. The maximum Gasteiger partial charge on any atom is 0.411 e. The smallest absolute Gasteiger partial charge is 0.411 e. The molecule has 4 atom stereocenters. The van der Waals surface area contributed by atoms with Crippen LogP contribution in [0.15, 0.2) is 24.4 Å². The van der Waals surface area contributed by atoms with E-state index in [0.29, 0.717) is 40.9 Å². The minimum absolute atomic E-state index is 0.232. The summed E-state index contributed by atoms with van der Waals surface area (Å²) in [4.78, 5) is 27.3. The SMILES string of the molecule is Cc1cc(-n2nc3c(c2C2C=CNC2=O)[C@@H]2CCC([C@@H]3F)N2C(=O)OC(C)(C)C)cc(C)c1F. The van der Waals surface area contributed by atoms with E-state index in [1.807, 2.05) is 0 Å². The summed E-state index contributed by atoms with van der Waals surface area (Å²) in [7, 11) is 0. The molecule has 2 unspecified atom stereocenters. The zero-order valence-electron chi connectivity index (χ0n) is 19.9. The zero-order chi connectivity index (χ0) is 24.5. The third kappa shape index (κ3) is 3.40. The van der Waals surface area contributed by atoms with Crippen LogP contribution in [0, 0.1) is 19.7 Å². The van der Waals surface area contributed by atoms with Crippen LogP contribution in [0.1, 0.15) is 79.8 Å². The van der Waals surface area contributed by atoms with E-state index in [-0.39, 0.29) is 17.4 Å². The van der Waals surface area contributed by atoms with Gasteiger partial charge in [-0.05, 0) is 76.8 Å². The molecule has 2 aromatic rings. The summed E-state index contributed by atoms with van der Waals surface area (Å²) in [6.07, 6.45) is 2.16. The Balaban J connectivity index is 1.71. The lowest BCUT2D eigenvalue weighted by Gasteiger charge is -2.37. The highest BCUT2D eigenvalue weighted by Gasteiger charge is 2.53. The van der Waals surface area contributed by atoms with Crippen LogP contribution in [-0.4, -0.2) is 38.3 Å². The number of halogens is 2. The normalized spacial score (nSPS) is 25.5. The van der Waals surface area contributed by atoms with Crippen LogP contribution in [0.3, 0.4) is 0 Å². The number of nitrogens with zero attached hydrogens (tertiary/aromatic N) is 3. The van der Waals surface area contributed by atoms with Gasteiger partial charge < -0.3 is 10.1 Å². The molecule has 1 aromatic carbocycles. The number of aryl methyl sites for hydroxylation is 2. The summed E-state index contributed by atoms with van der Waals surface area (Å²) in [5.74, 6) is -1.30. The predicted molar refractivity (Wildman–Crippen MR) is 121 cm³/mol. The first-order valence-corrected chi connectivity index (χ1v) is 11.5. The lowest BCUT2D eigenvalue weighted by Crippen LogP contribution is -2.45. The maximum atomic E-state index is 15.9. The third-order valence-corrected chi connectivity index (χ3v) is 6.71. The van der Waals surface area contributed by atoms with Crippen LogP contribution >= 0.6 is 0 Å². The fraction of sp³-hybridized carbons (Fsp3) is 0.480. The van der Waals surface area contributed by atoms with Crippen LogP contribution in [0.2, 0.25) is 0 Å². The van der Waals surface area contributed by atoms with E-state index in [4.69, 9.17) is 4.74 Å². The van der Waals surface area contributed by atoms with Crippen LogP contribution in [0.25, 0.3) is 5.69 Å². The monoisotopic (exact) mass is 470 g/mol. The number of nitrogens with one attached hydrogen (secondary N) is 1. The molecule has 1 aromatic heterocycles. The molecule has 180 valence electrons. The van der Waals surface area contributed by atoms with Crippen molar-refractivity contribution in [1.82, 2.24) is 20.0 Å². The molecule has 5 rings (SSSR count). The van der Waals surface area contributed by atoms with E-state index in [2.05, 4.69) is 10.4 Å². The van der Waals surface area contributed by atoms with Crippen molar-refractivity contribution in [3.8, 4) is 5.69 Å². The molecule has 2 amide bonds. The molecule has 0 radical (unpaired) electrons. The highest BCUT2D eigenvalue weighted by Crippen LogP contribution is 2.52. The summed E-state index contributed by atoms with van der Waals surface area (Å²) in [5, 5.41) is 7.30. The van der Waals surface area contributed by atoms with Gasteiger partial charge in [-0.2, -0.15) is 5.10 Å². The molecule has 1 fully saturated rings. The molecule has 9 heteroatoms. The quantitative estimate of drug-likeness (QED) is 0.683. The first kappa shape index (κ1) is 22.6. The second kappa shape index (κ2) is 7.65. The molecule has 1 N–H and O–H groups in total. The largest absolute Gasteiger partial charge is 0.444 e. The topological polar surface area (TPSA) is 76.5 Å². The van der Waals surface area contributed by atoms with Gasteiger partial charge in [-0.3, -0.25) is 9.69 Å². The Labute approximate surface area is 196 Å². The van der Waals surface area contributed by atoms with E-state index in [1.165, 1.54) is 4.90 Å². The first-order chi connectivity index (χ1) is 16.0. The number of benzene rings is 1. The number of amides is 2. The van der Waals surface area contributed by atoms with E-state index in [0.717, 1.165) is 0 Å². The van der Waals surface area contributed by atoms with Gasteiger partial charge in [0.25, 0.3) is 0 Å². The Morgan fingerprint density at radius 1 is 1.21 bits per heavy atom. The number of alkyl halides is 1. The number of ether oxygens (including phenoxy) is 1. The van der Waals surface area contributed by atoms with E-state index >= 15 is 4.39 Å². The predicted octanol–water partition coefficient (Wildman–Crippen LogP) is 4.82. The van der Waals surface area contributed by atoms with Crippen LogP contribution < -0.4 is 5.32 Å².